The number of fused-ring (bicyclic) bond motifs is 1. The van der Waals surface area contributed by atoms with Crippen LogP contribution in [0.25, 0.3) is 22.2 Å². The fourth-order valence-electron chi connectivity index (χ4n) is 4.21. The molecule has 2 aromatic heterocycles. The van der Waals surface area contributed by atoms with Crippen molar-refractivity contribution >= 4 is 22.6 Å². The lowest BCUT2D eigenvalue weighted by Gasteiger charge is -2.35. The van der Waals surface area contributed by atoms with E-state index in [-0.39, 0.29) is 12.0 Å². The molecule has 1 aliphatic rings. The molecule has 1 unspecified atom stereocenters. The van der Waals surface area contributed by atoms with Gasteiger partial charge in [-0.25, -0.2) is 4.98 Å². The number of rotatable bonds is 6. The van der Waals surface area contributed by atoms with E-state index in [0.29, 0.717) is 31.8 Å². The molecule has 1 atom stereocenters. The van der Waals surface area contributed by atoms with E-state index < -0.39 is 0 Å². The number of hydrogen-bond acceptors (Lipinski definition) is 6. The van der Waals surface area contributed by atoms with Crippen molar-refractivity contribution in [3.05, 3.63) is 78.1 Å². The van der Waals surface area contributed by atoms with E-state index in [2.05, 4.69) is 25.4 Å². The standard InChI is InChI=1S/C25H26N6O2/c26-12-20-16-31(9-10-33-20)23-21(14-27-24-22(23)15-29-30-24)18-7-4-8-19(11-18)25(32)28-13-17-5-2-1-3-6-17/h1-8,11,14-15,20H,9-10,12-13,16,26H2,(H,28,32)(H,27,29,30). The molecule has 0 saturated carbocycles. The van der Waals surface area contributed by atoms with Crippen molar-refractivity contribution in [2.75, 3.05) is 31.1 Å². The lowest BCUT2D eigenvalue weighted by Crippen LogP contribution is -2.46. The largest absolute Gasteiger partial charge is 0.373 e. The minimum atomic E-state index is -0.117. The van der Waals surface area contributed by atoms with Gasteiger partial charge in [0.15, 0.2) is 5.65 Å². The van der Waals surface area contributed by atoms with Crippen molar-refractivity contribution in [3.8, 4) is 11.1 Å². The second-order valence-corrected chi connectivity index (χ2v) is 8.08. The van der Waals surface area contributed by atoms with Crippen LogP contribution in [0.2, 0.25) is 0 Å². The first kappa shape index (κ1) is 21.1. The number of morpholine rings is 1. The molecule has 0 radical (unpaired) electrons. The van der Waals surface area contributed by atoms with Crippen LogP contribution in [0.1, 0.15) is 15.9 Å². The highest BCUT2D eigenvalue weighted by atomic mass is 16.5. The smallest absolute Gasteiger partial charge is 0.251 e. The molecule has 8 heteroatoms. The highest BCUT2D eigenvalue weighted by Gasteiger charge is 2.25. The summed E-state index contributed by atoms with van der Waals surface area (Å²) in [7, 11) is 0. The van der Waals surface area contributed by atoms with E-state index in [4.69, 9.17) is 10.5 Å². The fourth-order valence-corrected chi connectivity index (χ4v) is 4.21. The van der Waals surface area contributed by atoms with Gasteiger partial charge in [0.05, 0.1) is 30.0 Å². The molecule has 33 heavy (non-hydrogen) atoms. The quantitative estimate of drug-likeness (QED) is 0.424. The summed E-state index contributed by atoms with van der Waals surface area (Å²) in [6, 6.07) is 17.5. The van der Waals surface area contributed by atoms with E-state index in [1.807, 2.05) is 60.8 Å². The SMILES string of the molecule is NCC1CN(c2c(-c3cccc(C(=O)NCc4ccccc4)c3)cnc3[nH]ncc23)CCO1. The van der Waals surface area contributed by atoms with Crippen LogP contribution < -0.4 is 16.0 Å². The number of nitrogens with zero attached hydrogens (tertiary/aromatic N) is 3. The van der Waals surface area contributed by atoms with Crippen molar-refractivity contribution in [1.82, 2.24) is 20.5 Å². The number of benzene rings is 2. The highest BCUT2D eigenvalue weighted by molar-refractivity contribution is 6.00. The van der Waals surface area contributed by atoms with Gasteiger partial charge in [-0.2, -0.15) is 5.10 Å². The van der Waals surface area contributed by atoms with Gasteiger partial charge in [-0.3, -0.25) is 9.89 Å². The number of amides is 1. The molecule has 168 valence electrons. The molecule has 1 aliphatic heterocycles. The van der Waals surface area contributed by atoms with Gasteiger partial charge in [0.25, 0.3) is 5.91 Å². The number of carbonyl (C=O) groups is 1. The molecular weight excluding hydrogens is 416 g/mol. The third kappa shape index (κ3) is 4.44. The topological polar surface area (TPSA) is 109 Å². The maximum Gasteiger partial charge on any atom is 0.251 e. The molecule has 3 heterocycles. The number of carbonyl (C=O) groups excluding carboxylic acids is 1. The summed E-state index contributed by atoms with van der Waals surface area (Å²) in [6.07, 6.45) is 3.60. The monoisotopic (exact) mass is 442 g/mol. The minimum absolute atomic E-state index is 0.0307. The summed E-state index contributed by atoms with van der Waals surface area (Å²) in [5.74, 6) is -0.117. The van der Waals surface area contributed by atoms with Crippen molar-refractivity contribution in [2.45, 2.75) is 12.6 Å². The zero-order chi connectivity index (χ0) is 22.6. The Hall–Kier alpha value is -3.75. The number of H-pyrrole nitrogens is 1. The Labute approximate surface area is 191 Å². The number of pyridine rings is 1. The second kappa shape index (κ2) is 9.40. The van der Waals surface area contributed by atoms with E-state index in [9.17, 15) is 4.79 Å². The number of anilines is 1. The Balaban J connectivity index is 1.47. The fraction of sp³-hybridized carbons (Fsp3) is 0.240. The van der Waals surface area contributed by atoms with Crippen LogP contribution in [-0.4, -0.2) is 53.4 Å². The van der Waals surface area contributed by atoms with Crippen LogP contribution in [0.4, 0.5) is 5.69 Å². The Bertz CT molecular complexity index is 1260. The predicted octanol–water partition coefficient (Wildman–Crippen LogP) is 2.72. The molecule has 0 bridgehead atoms. The highest BCUT2D eigenvalue weighted by Crippen LogP contribution is 2.37. The third-order valence-electron chi connectivity index (χ3n) is 5.90. The average Bonchev–Trinajstić information content (AvgIpc) is 3.36. The molecular formula is C25H26N6O2. The van der Waals surface area contributed by atoms with Gasteiger partial charge in [0.1, 0.15) is 0 Å². The van der Waals surface area contributed by atoms with Crippen LogP contribution >= 0.6 is 0 Å². The van der Waals surface area contributed by atoms with Crippen LogP contribution in [-0.2, 0) is 11.3 Å². The number of nitrogens with two attached hydrogens (primary N) is 1. The summed E-state index contributed by atoms with van der Waals surface area (Å²) < 4.78 is 5.77. The Morgan fingerprint density at radius 2 is 2.06 bits per heavy atom. The third-order valence-corrected chi connectivity index (χ3v) is 5.90. The van der Waals surface area contributed by atoms with Gasteiger partial charge in [-0.15, -0.1) is 0 Å². The van der Waals surface area contributed by atoms with Crippen molar-refractivity contribution in [3.63, 3.8) is 0 Å². The normalized spacial score (nSPS) is 16.2. The lowest BCUT2D eigenvalue weighted by atomic mass is 10.00. The minimum Gasteiger partial charge on any atom is -0.373 e. The maximum atomic E-state index is 12.9. The van der Waals surface area contributed by atoms with Crippen LogP contribution in [0.3, 0.4) is 0 Å². The molecule has 4 aromatic rings. The molecule has 1 saturated heterocycles. The summed E-state index contributed by atoms with van der Waals surface area (Å²) in [5.41, 5.74) is 11.2. The molecule has 1 amide bonds. The molecule has 4 N–H and O–H groups in total. The van der Waals surface area contributed by atoms with E-state index in [1.165, 1.54) is 0 Å². The average molecular weight is 443 g/mol. The van der Waals surface area contributed by atoms with Gasteiger partial charge in [0.2, 0.25) is 0 Å². The van der Waals surface area contributed by atoms with Crippen molar-refractivity contribution in [1.29, 1.82) is 0 Å². The molecule has 1 fully saturated rings. The zero-order valence-electron chi connectivity index (χ0n) is 18.2. The maximum absolute atomic E-state index is 12.9. The van der Waals surface area contributed by atoms with Gasteiger partial charge < -0.3 is 20.7 Å². The van der Waals surface area contributed by atoms with Gasteiger partial charge in [0, 0.05) is 43.5 Å². The number of aromatic amines is 1. The first-order valence-electron chi connectivity index (χ1n) is 11.0. The molecule has 0 aliphatic carbocycles. The zero-order valence-corrected chi connectivity index (χ0v) is 18.2. The first-order chi connectivity index (χ1) is 16.2. The van der Waals surface area contributed by atoms with Crippen molar-refractivity contribution in [2.24, 2.45) is 5.73 Å². The van der Waals surface area contributed by atoms with Gasteiger partial charge >= 0.3 is 0 Å². The Morgan fingerprint density at radius 1 is 1.18 bits per heavy atom. The van der Waals surface area contributed by atoms with Crippen LogP contribution in [0.5, 0.6) is 0 Å². The molecule has 5 rings (SSSR count). The van der Waals surface area contributed by atoms with Crippen LogP contribution in [0, 0.1) is 0 Å². The summed E-state index contributed by atoms with van der Waals surface area (Å²) in [6.45, 7) is 2.97. The van der Waals surface area contributed by atoms with Gasteiger partial charge in [-0.1, -0.05) is 42.5 Å². The Morgan fingerprint density at radius 3 is 2.91 bits per heavy atom. The van der Waals surface area contributed by atoms with E-state index in [0.717, 1.165) is 40.0 Å². The predicted molar refractivity (Wildman–Crippen MR) is 128 cm³/mol. The lowest BCUT2D eigenvalue weighted by molar-refractivity contribution is 0.0467. The summed E-state index contributed by atoms with van der Waals surface area (Å²) >= 11 is 0. The van der Waals surface area contributed by atoms with Crippen molar-refractivity contribution < 1.29 is 9.53 Å². The number of nitrogens with one attached hydrogen (secondary N) is 2. The molecule has 2 aromatic carbocycles. The van der Waals surface area contributed by atoms with E-state index >= 15 is 0 Å². The van der Waals surface area contributed by atoms with E-state index in [1.54, 1.807) is 6.20 Å². The Kier molecular flexibility index (Phi) is 6.01. The number of aromatic nitrogens is 3. The first-order valence-corrected chi connectivity index (χ1v) is 11.0. The number of hydrogen-bond donors (Lipinski definition) is 3. The summed E-state index contributed by atoms with van der Waals surface area (Å²) in [5, 5.41) is 11.1. The number of ether oxygens (including phenoxy) is 1. The van der Waals surface area contributed by atoms with Crippen LogP contribution in [0.15, 0.2) is 67.0 Å². The molecule has 8 nitrogen and oxygen atoms in total. The second-order valence-electron chi connectivity index (χ2n) is 8.08. The summed E-state index contributed by atoms with van der Waals surface area (Å²) in [4.78, 5) is 19.7. The molecule has 0 spiro atoms. The van der Waals surface area contributed by atoms with Gasteiger partial charge in [-0.05, 0) is 23.3 Å².